The van der Waals surface area contributed by atoms with Gasteiger partial charge in [0, 0.05) is 38.3 Å². The standard InChI is InChI=1S/C26H30N6O2/c33-23(19-4-2-1-3-5-19)16-32-25-29-22(21-8-12-27-18-28-21)9-13-30(25)14-10-26(32)11-15-31(17-26)24(34)20-6-7-20/h1-5,8-9,12,18,20,23,33H,6-7,10-11,13-17H2/t23-,26?/m1/s1. The summed E-state index contributed by atoms with van der Waals surface area (Å²) in [4.78, 5) is 33.0. The van der Waals surface area contributed by atoms with Gasteiger partial charge < -0.3 is 19.8 Å². The predicted octanol–water partition coefficient (Wildman–Crippen LogP) is 2.31. The van der Waals surface area contributed by atoms with Gasteiger partial charge in [-0.05, 0) is 43.4 Å². The zero-order valence-electron chi connectivity index (χ0n) is 19.3. The molecule has 1 aromatic heterocycles. The second kappa shape index (κ2) is 8.51. The molecule has 34 heavy (non-hydrogen) atoms. The number of carbonyl (C=O) groups is 1. The number of aliphatic imine (C=N–C) groups is 1. The molecule has 2 saturated heterocycles. The summed E-state index contributed by atoms with van der Waals surface area (Å²) < 4.78 is 0. The van der Waals surface area contributed by atoms with Crippen molar-refractivity contribution in [3.63, 3.8) is 0 Å². The molecule has 0 radical (unpaired) electrons. The van der Waals surface area contributed by atoms with E-state index in [1.165, 1.54) is 0 Å². The monoisotopic (exact) mass is 458 g/mol. The molecule has 0 bridgehead atoms. The van der Waals surface area contributed by atoms with Gasteiger partial charge in [-0.15, -0.1) is 0 Å². The van der Waals surface area contributed by atoms with Crippen molar-refractivity contribution in [3.05, 3.63) is 66.3 Å². The van der Waals surface area contributed by atoms with Crippen LogP contribution in [0.3, 0.4) is 0 Å². The van der Waals surface area contributed by atoms with Gasteiger partial charge in [0.2, 0.25) is 11.9 Å². The maximum absolute atomic E-state index is 12.9. The normalized spacial score (nSPS) is 25.1. The number of aliphatic hydroxyl groups is 1. The fourth-order valence-corrected chi connectivity index (χ4v) is 5.51. The van der Waals surface area contributed by atoms with E-state index in [1.807, 2.05) is 36.4 Å². The van der Waals surface area contributed by atoms with Gasteiger partial charge in [-0.1, -0.05) is 30.3 Å². The second-order valence-corrected chi connectivity index (χ2v) is 9.84. The molecule has 1 spiro atoms. The molecule has 1 aromatic carbocycles. The molecular weight excluding hydrogens is 428 g/mol. The van der Waals surface area contributed by atoms with Crippen LogP contribution in [0.25, 0.3) is 5.70 Å². The third kappa shape index (κ3) is 3.86. The SMILES string of the molecule is O=C(C1CC1)N1CCC2(CCN3CC=C(c4ccncn4)N=C3N2C[C@@H](O)c2ccccc2)C1. The predicted molar refractivity (Wildman–Crippen MR) is 128 cm³/mol. The molecule has 1 amide bonds. The van der Waals surface area contributed by atoms with Gasteiger partial charge >= 0.3 is 0 Å². The fourth-order valence-electron chi connectivity index (χ4n) is 5.51. The molecule has 1 unspecified atom stereocenters. The molecule has 4 aliphatic rings. The van der Waals surface area contributed by atoms with Crippen LogP contribution in [0.1, 0.15) is 43.0 Å². The molecule has 1 saturated carbocycles. The Morgan fingerprint density at radius 2 is 1.97 bits per heavy atom. The highest BCUT2D eigenvalue weighted by molar-refractivity contribution is 5.90. The number of guanidine groups is 1. The first kappa shape index (κ1) is 21.3. The van der Waals surface area contributed by atoms with Crippen LogP contribution < -0.4 is 0 Å². The number of aromatic nitrogens is 2. The lowest BCUT2D eigenvalue weighted by molar-refractivity contribution is -0.132. The van der Waals surface area contributed by atoms with E-state index >= 15 is 0 Å². The van der Waals surface area contributed by atoms with Crippen molar-refractivity contribution in [1.29, 1.82) is 0 Å². The van der Waals surface area contributed by atoms with E-state index in [1.54, 1.807) is 12.5 Å². The zero-order chi connectivity index (χ0) is 23.1. The van der Waals surface area contributed by atoms with Crippen LogP contribution in [0.5, 0.6) is 0 Å². The van der Waals surface area contributed by atoms with Crippen molar-refractivity contribution in [1.82, 2.24) is 24.7 Å². The number of fused-ring (bicyclic) bond motifs is 1. The quantitative estimate of drug-likeness (QED) is 0.740. The lowest BCUT2D eigenvalue weighted by atomic mass is 9.88. The Kier molecular flexibility index (Phi) is 5.32. The first-order chi connectivity index (χ1) is 16.6. The highest BCUT2D eigenvalue weighted by atomic mass is 16.3. The van der Waals surface area contributed by atoms with E-state index in [2.05, 4.69) is 30.7 Å². The Balaban J connectivity index is 1.34. The molecular formula is C26H30N6O2. The summed E-state index contributed by atoms with van der Waals surface area (Å²) in [5.74, 6) is 1.39. The molecule has 3 fully saturated rings. The molecule has 1 N–H and O–H groups in total. The van der Waals surface area contributed by atoms with Gasteiger partial charge in [-0.3, -0.25) is 4.79 Å². The fraction of sp³-hybridized carbons (Fsp3) is 0.462. The molecule has 6 rings (SSSR count). The van der Waals surface area contributed by atoms with Crippen molar-refractivity contribution in [2.24, 2.45) is 10.9 Å². The summed E-state index contributed by atoms with van der Waals surface area (Å²) in [6, 6.07) is 11.7. The number of rotatable bonds is 5. The van der Waals surface area contributed by atoms with Gasteiger partial charge in [0.05, 0.1) is 29.6 Å². The van der Waals surface area contributed by atoms with Crippen LogP contribution in [-0.2, 0) is 4.79 Å². The Morgan fingerprint density at radius 3 is 2.74 bits per heavy atom. The Hall–Kier alpha value is -3.26. The zero-order valence-corrected chi connectivity index (χ0v) is 19.3. The Labute approximate surface area is 199 Å². The molecule has 2 aromatic rings. The number of carbonyl (C=O) groups excluding carboxylic acids is 1. The molecule has 4 heterocycles. The van der Waals surface area contributed by atoms with Crippen molar-refractivity contribution in [2.45, 2.75) is 37.3 Å². The molecule has 1 aliphatic carbocycles. The third-order valence-corrected chi connectivity index (χ3v) is 7.62. The third-order valence-electron chi connectivity index (χ3n) is 7.62. The summed E-state index contributed by atoms with van der Waals surface area (Å²) in [7, 11) is 0. The number of nitrogens with zero attached hydrogens (tertiary/aromatic N) is 6. The van der Waals surface area contributed by atoms with Crippen LogP contribution >= 0.6 is 0 Å². The van der Waals surface area contributed by atoms with E-state index in [-0.39, 0.29) is 11.5 Å². The first-order valence-corrected chi connectivity index (χ1v) is 12.2. The largest absolute Gasteiger partial charge is 0.387 e. The summed E-state index contributed by atoms with van der Waals surface area (Å²) in [5.41, 5.74) is 2.29. The molecule has 8 heteroatoms. The minimum Gasteiger partial charge on any atom is -0.387 e. The number of benzene rings is 1. The van der Waals surface area contributed by atoms with Crippen molar-refractivity contribution in [3.8, 4) is 0 Å². The highest BCUT2D eigenvalue weighted by Crippen LogP contribution is 2.41. The average Bonchev–Trinajstić information content (AvgIpc) is 3.66. The van der Waals surface area contributed by atoms with E-state index in [0.29, 0.717) is 19.0 Å². The first-order valence-electron chi connectivity index (χ1n) is 12.2. The molecule has 3 aliphatic heterocycles. The van der Waals surface area contributed by atoms with Crippen LogP contribution in [0.15, 0.2) is 60.0 Å². The summed E-state index contributed by atoms with van der Waals surface area (Å²) >= 11 is 0. The van der Waals surface area contributed by atoms with E-state index < -0.39 is 6.10 Å². The molecule has 2 atom stereocenters. The summed E-state index contributed by atoms with van der Waals surface area (Å²) in [6.07, 6.45) is 8.60. The van der Waals surface area contributed by atoms with Crippen molar-refractivity contribution in [2.75, 3.05) is 32.7 Å². The van der Waals surface area contributed by atoms with Crippen LogP contribution in [-0.4, -0.2) is 79.9 Å². The van der Waals surface area contributed by atoms with Crippen molar-refractivity contribution >= 4 is 17.6 Å². The number of β-amino-alcohol motifs (C(OH)–C–C–N with tert-alkyl or cyclic N) is 1. The molecule has 8 nitrogen and oxygen atoms in total. The Bertz CT molecular complexity index is 1120. The number of hydrogen-bond acceptors (Lipinski definition) is 7. The van der Waals surface area contributed by atoms with Gasteiger partial charge in [0.1, 0.15) is 6.33 Å². The number of likely N-dealkylation sites (tertiary alicyclic amines) is 1. The second-order valence-electron chi connectivity index (χ2n) is 9.84. The minimum absolute atomic E-state index is 0.218. The van der Waals surface area contributed by atoms with Crippen LogP contribution in [0, 0.1) is 5.92 Å². The summed E-state index contributed by atoms with van der Waals surface area (Å²) in [5, 5.41) is 11.2. The lowest BCUT2D eigenvalue weighted by Crippen LogP contribution is -2.64. The minimum atomic E-state index is -0.651. The van der Waals surface area contributed by atoms with E-state index in [4.69, 9.17) is 4.99 Å². The average molecular weight is 459 g/mol. The van der Waals surface area contributed by atoms with Gasteiger partial charge in [-0.25, -0.2) is 15.0 Å². The van der Waals surface area contributed by atoms with Crippen LogP contribution in [0.4, 0.5) is 0 Å². The van der Waals surface area contributed by atoms with Crippen molar-refractivity contribution < 1.29 is 9.90 Å². The summed E-state index contributed by atoms with van der Waals surface area (Å²) in [6.45, 7) is 3.53. The maximum atomic E-state index is 12.9. The highest BCUT2D eigenvalue weighted by Gasteiger charge is 2.51. The van der Waals surface area contributed by atoms with E-state index in [9.17, 15) is 9.90 Å². The number of aliphatic hydroxyl groups excluding tert-OH is 1. The number of hydrogen-bond donors (Lipinski definition) is 1. The maximum Gasteiger partial charge on any atom is 0.225 e. The number of amides is 1. The smallest absolute Gasteiger partial charge is 0.225 e. The molecule has 176 valence electrons. The van der Waals surface area contributed by atoms with Crippen LogP contribution in [0.2, 0.25) is 0 Å². The topological polar surface area (TPSA) is 85.2 Å². The van der Waals surface area contributed by atoms with Gasteiger partial charge in [0.25, 0.3) is 0 Å². The lowest BCUT2D eigenvalue weighted by Gasteiger charge is -2.52. The van der Waals surface area contributed by atoms with Gasteiger partial charge in [-0.2, -0.15) is 0 Å². The Morgan fingerprint density at radius 1 is 1.15 bits per heavy atom. The van der Waals surface area contributed by atoms with Gasteiger partial charge in [0.15, 0.2) is 0 Å². The van der Waals surface area contributed by atoms with E-state index in [0.717, 1.165) is 68.2 Å².